The van der Waals surface area contributed by atoms with Crippen molar-refractivity contribution in [1.82, 2.24) is 15.2 Å². The monoisotopic (exact) mass is 221 g/mol. The number of hydrogen-bond donors (Lipinski definition) is 1. The summed E-state index contributed by atoms with van der Waals surface area (Å²) in [5.74, 6) is 2.05. The van der Waals surface area contributed by atoms with E-state index in [2.05, 4.69) is 29.0 Å². The lowest BCUT2D eigenvalue weighted by Crippen LogP contribution is -1.89. The van der Waals surface area contributed by atoms with E-state index < -0.39 is 0 Å². The third kappa shape index (κ3) is 2.18. The molecule has 1 aromatic heterocycles. The van der Waals surface area contributed by atoms with E-state index in [4.69, 9.17) is 11.6 Å². The average Bonchev–Trinajstić information content (AvgIpc) is 2.68. The maximum atomic E-state index is 5.81. The Labute approximate surface area is 93.5 Å². The molecule has 0 unspecified atom stereocenters. The molecular formula is C11H12ClN3. The second-order valence-electron chi connectivity index (χ2n) is 3.72. The van der Waals surface area contributed by atoms with Crippen molar-refractivity contribution in [3.8, 4) is 11.4 Å². The van der Waals surface area contributed by atoms with Crippen LogP contribution in [0.3, 0.4) is 0 Å². The minimum Gasteiger partial charge on any atom is -0.325 e. The summed E-state index contributed by atoms with van der Waals surface area (Å²) in [5, 5.41) is 8.89. The summed E-state index contributed by atoms with van der Waals surface area (Å²) in [5.41, 5.74) is 0.999. The third-order valence-corrected chi connectivity index (χ3v) is 2.42. The highest BCUT2D eigenvalue weighted by Gasteiger charge is 2.07. The Kier molecular flexibility index (Phi) is 2.73. The summed E-state index contributed by atoms with van der Waals surface area (Å²) in [6, 6.07) is 7.53. The third-order valence-electron chi connectivity index (χ3n) is 2.17. The Morgan fingerprint density at radius 3 is 2.33 bits per heavy atom. The van der Waals surface area contributed by atoms with Crippen molar-refractivity contribution >= 4 is 11.6 Å². The smallest absolute Gasteiger partial charge is 0.161 e. The van der Waals surface area contributed by atoms with Crippen LogP contribution in [0.1, 0.15) is 25.6 Å². The fourth-order valence-electron chi connectivity index (χ4n) is 1.27. The molecule has 0 aliphatic carbocycles. The number of nitrogens with zero attached hydrogens (tertiary/aromatic N) is 2. The Hall–Kier alpha value is -1.35. The molecule has 0 saturated carbocycles. The van der Waals surface area contributed by atoms with E-state index in [-0.39, 0.29) is 0 Å². The van der Waals surface area contributed by atoms with E-state index in [0.29, 0.717) is 5.92 Å². The molecule has 4 heteroatoms. The Morgan fingerprint density at radius 1 is 1.13 bits per heavy atom. The highest BCUT2D eigenvalue weighted by Crippen LogP contribution is 2.19. The van der Waals surface area contributed by atoms with Crippen LogP contribution in [0.4, 0.5) is 0 Å². The van der Waals surface area contributed by atoms with Crippen molar-refractivity contribution < 1.29 is 0 Å². The lowest BCUT2D eigenvalue weighted by molar-refractivity contribution is 0.781. The number of halogens is 1. The first kappa shape index (κ1) is 10.2. The molecule has 2 rings (SSSR count). The van der Waals surface area contributed by atoms with Gasteiger partial charge in [-0.2, -0.15) is 0 Å². The van der Waals surface area contributed by atoms with Crippen molar-refractivity contribution in [2.75, 3.05) is 0 Å². The second kappa shape index (κ2) is 4.03. The van der Waals surface area contributed by atoms with Gasteiger partial charge in [0.05, 0.1) is 0 Å². The zero-order valence-electron chi connectivity index (χ0n) is 8.66. The molecule has 0 aliphatic heterocycles. The lowest BCUT2D eigenvalue weighted by atomic mass is 10.2. The van der Waals surface area contributed by atoms with Gasteiger partial charge in [0.1, 0.15) is 5.82 Å². The molecule has 0 atom stereocenters. The Balaban J connectivity index is 2.33. The SMILES string of the molecule is CC(C)c1nnc(-c2ccc(Cl)cc2)[nH]1. The molecule has 0 aliphatic rings. The van der Waals surface area contributed by atoms with Crippen molar-refractivity contribution in [1.29, 1.82) is 0 Å². The van der Waals surface area contributed by atoms with Crippen LogP contribution in [0, 0.1) is 0 Å². The predicted octanol–water partition coefficient (Wildman–Crippen LogP) is 3.25. The van der Waals surface area contributed by atoms with Gasteiger partial charge in [-0.25, -0.2) is 0 Å². The maximum Gasteiger partial charge on any atom is 0.161 e. The molecule has 0 amide bonds. The number of aromatic amines is 1. The second-order valence-corrected chi connectivity index (χ2v) is 4.16. The van der Waals surface area contributed by atoms with Gasteiger partial charge in [0.25, 0.3) is 0 Å². The Morgan fingerprint density at radius 2 is 1.80 bits per heavy atom. The first-order valence-corrected chi connectivity index (χ1v) is 5.23. The summed E-state index contributed by atoms with van der Waals surface area (Å²) < 4.78 is 0. The van der Waals surface area contributed by atoms with Crippen LogP contribution in [0.15, 0.2) is 24.3 Å². The maximum absolute atomic E-state index is 5.81. The van der Waals surface area contributed by atoms with Crippen molar-refractivity contribution in [3.63, 3.8) is 0 Å². The van der Waals surface area contributed by atoms with Gasteiger partial charge >= 0.3 is 0 Å². The molecule has 0 bridgehead atoms. The van der Waals surface area contributed by atoms with E-state index in [0.717, 1.165) is 22.2 Å². The first-order valence-electron chi connectivity index (χ1n) is 4.85. The number of rotatable bonds is 2. The molecule has 2 aromatic rings. The molecule has 78 valence electrons. The molecule has 0 fully saturated rings. The normalized spacial score (nSPS) is 10.9. The van der Waals surface area contributed by atoms with Crippen LogP contribution >= 0.6 is 11.6 Å². The van der Waals surface area contributed by atoms with Crippen LogP contribution in [0.2, 0.25) is 5.02 Å². The zero-order valence-corrected chi connectivity index (χ0v) is 9.42. The van der Waals surface area contributed by atoms with Crippen LogP contribution < -0.4 is 0 Å². The van der Waals surface area contributed by atoms with Crippen molar-refractivity contribution in [2.45, 2.75) is 19.8 Å². The van der Waals surface area contributed by atoms with Crippen molar-refractivity contribution in [2.24, 2.45) is 0 Å². The molecule has 0 radical (unpaired) electrons. The van der Waals surface area contributed by atoms with Gasteiger partial charge in [-0.15, -0.1) is 10.2 Å². The van der Waals surface area contributed by atoms with Crippen LogP contribution in [0.5, 0.6) is 0 Å². The van der Waals surface area contributed by atoms with E-state index >= 15 is 0 Å². The summed E-state index contributed by atoms with van der Waals surface area (Å²) in [6.07, 6.45) is 0. The molecule has 3 nitrogen and oxygen atoms in total. The summed E-state index contributed by atoms with van der Waals surface area (Å²) in [7, 11) is 0. The fourth-order valence-corrected chi connectivity index (χ4v) is 1.40. The molecule has 0 saturated heterocycles. The zero-order chi connectivity index (χ0) is 10.8. The van der Waals surface area contributed by atoms with Gasteiger partial charge in [-0.05, 0) is 24.3 Å². The molecule has 0 spiro atoms. The quantitative estimate of drug-likeness (QED) is 0.846. The predicted molar refractivity (Wildman–Crippen MR) is 60.9 cm³/mol. The minimum atomic E-state index is 0.360. The highest BCUT2D eigenvalue weighted by atomic mass is 35.5. The fraction of sp³-hybridized carbons (Fsp3) is 0.273. The van der Waals surface area contributed by atoms with Crippen molar-refractivity contribution in [3.05, 3.63) is 35.1 Å². The molecule has 15 heavy (non-hydrogen) atoms. The number of hydrogen-bond acceptors (Lipinski definition) is 2. The molecule has 1 heterocycles. The van der Waals surface area contributed by atoms with Gasteiger partial charge in [0.15, 0.2) is 5.82 Å². The van der Waals surface area contributed by atoms with Gasteiger partial charge in [0, 0.05) is 16.5 Å². The van der Waals surface area contributed by atoms with Gasteiger partial charge < -0.3 is 4.98 Å². The molecule has 1 N–H and O–H groups in total. The van der Waals surface area contributed by atoms with E-state index in [1.165, 1.54) is 0 Å². The largest absolute Gasteiger partial charge is 0.325 e. The highest BCUT2D eigenvalue weighted by molar-refractivity contribution is 6.30. The average molecular weight is 222 g/mol. The Bertz CT molecular complexity index is 445. The van der Waals surface area contributed by atoms with E-state index in [1.54, 1.807) is 0 Å². The summed E-state index contributed by atoms with van der Waals surface area (Å²) in [6.45, 7) is 4.15. The van der Waals surface area contributed by atoms with Crippen LogP contribution in [0.25, 0.3) is 11.4 Å². The topological polar surface area (TPSA) is 41.6 Å². The summed E-state index contributed by atoms with van der Waals surface area (Å²) >= 11 is 5.81. The van der Waals surface area contributed by atoms with Gasteiger partial charge in [-0.3, -0.25) is 0 Å². The minimum absolute atomic E-state index is 0.360. The number of H-pyrrole nitrogens is 1. The molecule has 1 aromatic carbocycles. The van der Waals surface area contributed by atoms with Crippen LogP contribution in [-0.2, 0) is 0 Å². The van der Waals surface area contributed by atoms with E-state index in [1.807, 2.05) is 24.3 Å². The molecular weight excluding hydrogens is 210 g/mol. The van der Waals surface area contributed by atoms with E-state index in [9.17, 15) is 0 Å². The van der Waals surface area contributed by atoms with Gasteiger partial charge in [-0.1, -0.05) is 25.4 Å². The summed E-state index contributed by atoms with van der Waals surface area (Å²) in [4.78, 5) is 3.18. The van der Waals surface area contributed by atoms with Gasteiger partial charge in [0.2, 0.25) is 0 Å². The first-order chi connectivity index (χ1) is 7.16. The number of benzene rings is 1. The number of aromatic nitrogens is 3. The lowest BCUT2D eigenvalue weighted by Gasteiger charge is -1.97. The number of nitrogens with one attached hydrogen (secondary N) is 1. The standard InChI is InChI=1S/C11H12ClN3/c1-7(2)10-13-11(15-14-10)8-3-5-9(12)6-4-8/h3-7H,1-2H3,(H,13,14,15). The van der Waals surface area contributed by atoms with Crippen LogP contribution in [-0.4, -0.2) is 15.2 Å².